The summed E-state index contributed by atoms with van der Waals surface area (Å²) in [6, 6.07) is 4.28. The number of aliphatic hydroxyl groups is 1. The van der Waals surface area contributed by atoms with Crippen molar-refractivity contribution < 1.29 is 19.4 Å². The number of unbranched alkanes of at least 4 members (excludes halogenated alkanes) is 3. The van der Waals surface area contributed by atoms with Crippen molar-refractivity contribution in [1.29, 1.82) is 0 Å². The minimum Gasteiger partial charge on any atom is -0.493 e. The number of hydrogen-bond donors (Lipinski definition) is 1. The Labute approximate surface area is 198 Å². The van der Waals surface area contributed by atoms with Gasteiger partial charge in [-0.2, -0.15) is 0 Å². The third kappa shape index (κ3) is 4.19. The first kappa shape index (κ1) is 23.1. The van der Waals surface area contributed by atoms with Crippen LogP contribution in [0.15, 0.2) is 12.1 Å². The van der Waals surface area contributed by atoms with Crippen molar-refractivity contribution in [1.82, 2.24) is 9.80 Å². The number of hydrogen-bond acceptors (Lipinski definition) is 6. The number of carbonyl (C=O) groups is 1. The number of ether oxygens (including phenoxy) is 2. The predicted octanol–water partition coefficient (Wildman–Crippen LogP) is 3.53. The average Bonchev–Trinajstić information content (AvgIpc) is 3.18. The molecule has 4 atom stereocenters. The van der Waals surface area contributed by atoms with Crippen LogP contribution < -0.4 is 9.47 Å². The quantitative estimate of drug-likeness (QED) is 0.604. The fraction of sp³-hybridized carbons (Fsp3) is 0.741. The lowest BCUT2D eigenvalue weighted by Crippen LogP contribution is -2.40. The normalized spacial score (nSPS) is 31.7. The van der Waals surface area contributed by atoms with Gasteiger partial charge in [-0.1, -0.05) is 25.8 Å². The summed E-state index contributed by atoms with van der Waals surface area (Å²) >= 11 is 0. The zero-order valence-electron chi connectivity index (χ0n) is 20.4. The van der Waals surface area contributed by atoms with Crippen LogP contribution in [0, 0.1) is 5.92 Å². The maximum Gasteiger partial charge on any atom is 0.165 e. The summed E-state index contributed by atoms with van der Waals surface area (Å²) < 4.78 is 12.1. The summed E-state index contributed by atoms with van der Waals surface area (Å²) in [4.78, 5) is 16.4. The highest BCUT2D eigenvalue weighted by Gasteiger charge is 2.61. The van der Waals surface area contributed by atoms with Crippen LogP contribution in [0.5, 0.6) is 11.5 Å². The van der Waals surface area contributed by atoms with Gasteiger partial charge in [0.1, 0.15) is 11.9 Å². The van der Waals surface area contributed by atoms with Gasteiger partial charge in [-0.05, 0) is 56.4 Å². The minimum absolute atomic E-state index is 0.0533. The van der Waals surface area contributed by atoms with Crippen molar-refractivity contribution in [3.05, 3.63) is 23.3 Å². The van der Waals surface area contributed by atoms with E-state index < -0.39 is 0 Å². The minimum atomic E-state index is -0.299. The fourth-order valence-electron chi connectivity index (χ4n) is 6.90. The second-order valence-electron chi connectivity index (χ2n) is 10.7. The third-order valence-electron chi connectivity index (χ3n) is 8.92. The number of ketones is 1. The molecule has 0 radical (unpaired) electrons. The van der Waals surface area contributed by atoms with Crippen LogP contribution in [0.3, 0.4) is 0 Å². The van der Waals surface area contributed by atoms with E-state index in [-0.39, 0.29) is 23.5 Å². The standard InChI is InChI=1S/C27H40N2O4/c1-19-22(31)17-24-27(19)11-16-29(18-20-7-8-23(32-2)26(33-24)25(20)27)13-6-4-3-5-12-28-14-9-21(30)10-15-28/h7-8,19,22,24,31H,3-6,9-18H2,1-2H3/t19?,22-,24+,27-/m1/s1. The maximum atomic E-state index is 11.4. The Kier molecular flexibility index (Phi) is 6.69. The van der Waals surface area contributed by atoms with Gasteiger partial charge >= 0.3 is 0 Å². The number of likely N-dealkylation sites (tertiary alicyclic amines) is 1. The van der Waals surface area contributed by atoms with E-state index >= 15 is 0 Å². The topological polar surface area (TPSA) is 62.2 Å². The molecule has 1 saturated carbocycles. The van der Waals surface area contributed by atoms with Crippen LogP contribution in [-0.2, 0) is 16.8 Å². The lowest BCUT2D eigenvalue weighted by Gasteiger charge is -2.33. The Hall–Kier alpha value is -1.63. The Morgan fingerprint density at radius 3 is 2.55 bits per heavy atom. The molecule has 6 nitrogen and oxygen atoms in total. The first-order valence-electron chi connectivity index (χ1n) is 13.0. The third-order valence-corrected chi connectivity index (χ3v) is 8.92. The van der Waals surface area contributed by atoms with E-state index in [0.29, 0.717) is 12.2 Å². The molecule has 1 saturated heterocycles. The highest BCUT2D eigenvalue weighted by molar-refractivity contribution is 5.79. The average molecular weight is 457 g/mol. The van der Waals surface area contributed by atoms with Gasteiger partial charge in [-0.15, -0.1) is 0 Å². The number of benzene rings is 1. The molecule has 1 aliphatic carbocycles. The van der Waals surface area contributed by atoms with Crippen LogP contribution in [0.25, 0.3) is 0 Å². The summed E-state index contributed by atoms with van der Waals surface area (Å²) in [6.45, 7) is 8.39. The molecule has 5 rings (SSSR count). The first-order valence-corrected chi connectivity index (χ1v) is 13.0. The molecular weight excluding hydrogens is 416 g/mol. The molecule has 3 aliphatic heterocycles. The number of nitrogens with zero attached hydrogens (tertiary/aromatic N) is 2. The molecule has 0 bridgehead atoms. The molecule has 1 spiro atoms. The number of piperidine rings is 1. The molecule has 1 aromatic carbocycles. The second kappa shape index (κ2) is 9.55. The van der Waals surface area contributed by atoms with E-state index in [1.54, 1.807) is 7.11 Å². The summed E-state index contributed by atoms with van der Waals surface area (Å²) in [5, 5.41) is 10.7. The molecule has 6 heteroatoms. The van der Waals surface area contributed by atoms with Crippen LogP contribution in [-0.4, -0.2) is 72.7 Å². The maximum absolute atomic E-state index is 11.4. The summed E-state index contributed by atoms with van der Waals surface area (Å²) in [7, 11) is 1.72. The van der Waals surface area contributed by atoms with Gasteiger partial charge in [0.15, 0.2) is 11.5 Å². The highest BCUT2D eigenvalue weighted by atomic mass is 16.5. The van der Waals surface area contributed by atoms with Gasteiger partial charge in [0.05, 0.1) is 13.2 Å². The van der Waals surface area contributed by atoms with E-state index in [2.05, 4.69) is 28.9 Å². The van der Waals surface area contributed by atoms with Gasteiger partial charge < -0.3 is 19.5 Å². The van der Waals surface area contributed by atoms with Crippen LogP contribution in [0.1, 0.15) is 69.4 Å². The van der Waals surface area contributed by atoms with Crippen molar-refractivity contribution >= 4 is 5.78 Å². The number of aliphatic hydroxyl groups excluding tert-OH is 1. The fourth-order valence-corrected chi connectivity index (χ4v) is 6.90. The van der Waals surface area contributed by atoms with Crippen molar-refractivity contribution in [2.45, 2.75) is 82.5 Å². The smallest absolute Gasteiger partial charge is 0.165 e. The van der Waals surface area contributed by atoms with Gasteiger partial charge in [-0.25, -0.2) is 0 Å². The Balaban J connectivity index is 1.18. The number of rotatable bonds is 8. The van der Waals surface area contributed by atoms with Crippen LogP contribution in [0.4, 0.5) is 0 Å². The number of carbonyl (C=O) groups excluding carboxylic acids is 1. The van der Waals surface area contributed by atoms with E-state index in [4.69, 9.17) is 9.47 Å². The Morgan fingerprint density at radius 1 is 1.09 bits per heavy atom. The van der Waals surface area contributed by atoms with Crippen LogP contribution >= 0.6 is 0 Å². The molecule has 1 aromatic rings. The molecule has 1 unspecified atom stereocenters. The summed E-state index contributed by atoms with van der Waals surface area (Å²) in [5.41, 5.74) is 2.58. The predicted molar refractivity (Wildman–Crippen MR) is 128 cm³/mol. The van der Waals surface area contributed by atoms with E-state index in [9.17, 15) is 9.90 Å². The highest BCUT2D eigenvalue weighted by Crippen LogP contribution is 2.60. The van der Waals surface area contributed by atoms with Crippen molar-refractivity contribution in [3.8, 4) is 11.5 Å². The number of Topliss-reactive ketones (excluding diaryl/α,β-unsaturated/α-hetero) is 1. The molecule has 0 aromatic heterocycles. The van der Waals surface area contributed by atoms with E-state index in [0.717, 1.165) is 70.0 Å². The Bertz CT molecular complexity index is 864. The zero-order chi connectivity index (χ0) is 23.0. The van der Waals surface area contributed by atoms with Gasteiger partial charge in [0.2, 0.25) is 0 Å². The molecule has 1 N–H and O–H groups in total. The van der Waals surface area contributed by atoms with Gasteiger partial charge in [0, 0.05) is 49.9 Å². The molecular formula is C27H40N2O4. The van der Waals surface area contributed by atoms with Crippen molar-refractivity contribution in [3.63, 3.8) is 0 Å². The lowest BCUT2D eigenvalue weighted by atomic mass is 9.69. The van der Waals surface area contributed by atoms with Gasteiger partial charge in [-0.3, -0.25) is 9.69 Å². The molecule has 0 amide bonds. The largest absolute Gasteiger partial charge is 0.493 e. The monoisotopic (exact) mass is 456 g/mol. The zero-order valence-corrected chi connectivity index (χ0v) is 20.4. The second-order valence-corrected chi connectivity index (χ2v) is 10.7. The van der Waals surface area contributed by atoms with Crippen LogP contribution in [0.2, 0.25) is 0 Å². The van der Waals surface area contributed by atoms with Gasteiger partial charge in [0.25, 0.3) is 0 Å². The van der Waals surface area contributed by atoms with Crippen molar-refractivity contribution in [2.75, 3.05) is 39.8 Å². The molecule has 33 heavy (non-hydrogen) atoms. The molecule has 3 heterocycles. The Morgan fingerprint density at radius 2 is 1.82 bits per heavy atom. The molecule has 2 fully saturated rings. The summed E-state index contributed by atoms with van der Waals surface area (Å²) in [5.74, 6) is 2.38. The SMILES string of the molecule is COc1ccc2c3c1O[C@H]1C[C@@H](O)C(C)[C@@]31CCN(CCCCCCN1CCC(=O)CC1)C2. The van der Waals surface area contributed by atoms with Crippen molar-refractivity contribution in [2.24, 2.45) is 5.92 Å². The first-order chi connectivity index (χ1) is 16.0. The summed E-state index contributed by atoms with van der Waals surface area (Å²) in [6.07, 6.45) is 7.97. The number of methoxy groups -OCH3 is 1. The van der Waals surface area contributed by atoms with E-state index in [1.165, 1.54) is 36.8 Å². The molecule has 182 valence electrons. The van der Waals surface area contributed by atoms with E-state index in [1.807, 2.05) is 0 Å². The molecule has 4 aliphatic rings. The lowest BCUT2D eigenvalue weighted by molar-refractivity contribution is -0.121.